The van der Waals surface area contributed by atoms with Crippen LogP contribution in [0.25, 0.3) is 0 Å². The molecule has 0 aliphatic carbocycles. The molecule has 5 nitrogen and oxygen atoms in total. The van der Waals surface area contributed by atoms with Crippen LogP contribution in [0.5, 0.6) is 0 Å². The number of carbonyl (C=O) groups is 2. The van der Waals surface area contributed by atoms with E-state index in [2.05, 4.69) is 0 Å². The average molecular weight is 263 g/mol. The van der Waals surface area contributed by atoms with Crippen LogP contribution in [0.2, 0.25) is 0 Å². The first-order chi connectivity index (χ1) is 9.27. The molecule has 0 N–H and O–H groups in total. The zero-order valence-electron chi connectivity index (χ0n) is 10.7. The van der Waals surface area contributed by atoms with Gasteiger partial charge in [-0.05, 0) is 12.0 Å². The fraction of sp³-hybridized carbons (Fsp3) is 0.429. The largest absolute Gasteiger partial charge is 0.447 e. The van der Waals surface area contributed by atoms with Crippen molar-refractivity contribution in [2.75, 3.05) is 19.8 Å². The van der Waals surface area contributed by atoms with Crippen molar-refractivity contribution < 1.29 is 19.1 Å². The second-order valence-electron chi connectivity index (χ2n) is 4.30. The zero-order chi connectivity index (χ0) is 13.5. The Kier molecular flexibility index (Phi) is 4.92. The minimum atomic E-state index is -0.532. The van der Waals surface area contributed by atoms with Gasteiger partial charge in [0, 0.05) is 13.0 Å². The molecular formula is C14H17NO4. The molecule has 0 radical (unpaired) electrons. The van der Waals surface area contributed by atoms with Crippen molar-refractivity contribution >= 4 is 12.0 Å². The van der Waals surface area contributed by atoms with Crippen molar-refractivity contribution in [3.8, 4) is 0 Å². The molecular weight excluding hydrogens is 246 g/mol. The second kappa shape index (κ2) is 6.89. The van der Waals surface area contributed by atoms with Gasteiger partial charge in [0.15, 0.2) is 0 Å². The van der Waals surface area contributed by atoms with Gasteiger partial charge >= 0.3 is 6.09 Å². The summed E-state index contributed by atoms with van der Waals surface area (Å²) >= 11 is 0. The summed E-state index contributed by atoms with van der Waals surface area (Å²) in [6.45, 7) is 1.71. The van der Waals surface area contributed by atoms with Crippen molar-refractivity contribution in [3.63, 3.8) is 0 Å². The number of cyclic esters (lactones) is 1. The van der Waals surface area contributed by atoms with E-state index in [-0.39, 0.29) is 5.91 Å². The Bertz CT molecular complexity index is 432. The predicted octanol–water partition coefficient (Wildman–Crippen LogP) is 1.96. The number of ether oxygens (including phenoxy) is 2. The number of hydrogen-bond acceptors (Lipinski definition) is 4. The molecule has 2 rings (SSSR count). The Hall–Kier alpha value is -1.88. The molecule has 1 aliphatic heterocycles. The summed E-state index contributed by atoms with van der Waals surface area (Å²) in [5.41, 5.74) is 1.11. The molecule has 0 bridgehead atoms. The maximum atomic E-state index is 11.7. The van der Waals surface area contributed by atoms with Crippen LogP contribution in [0.1, 0.15) is 18.4 Å². The van der Waals surface area contributed by atoms with Gasteiger partial charge in [-0.3, -0.25) is 4.79 Å². The fourth-order valence-electron chi connectivity index (χ4n) is 1.84. The van der Waals surface area contributed by atoms with Crippen molar-refractivity contribution in [2.24, 2.45) is 0 Å². The highest BCUT2D eigenvalue weighted by molar-refractivity contribution is 5.92. The van der Waals surface area contributed by atoms with Gasteiger partial charge in [-0.2, -0.15) is 0 Å². The molecule has 0 aromatic heterocycles. The van der Waals surface area contributed by atoms with Crippen LogP contribution in [0.4, 0.5) is 4.79 Å². The van der Waals surface area contributed by atoms with Gasteiger partial charge in [0.2, 0.25) is 5.91 Å². The molecule has 1 heterocycles. The summed E-state index contributed by atoms with van der Waals surface area (Å²) in [4.78, 5) is 23.9. The minimum absolute atomic E-state index is 0.189. The lowest BCUT2D eigenvalue weighted by Crippen LogP contribution is -2.31. The zero-order valence-corrected chi connectivity index (χ0v) is 10.7. The van der Waals surface area contributed by atoms with Gasteiger partial charge in [-0.25, -0.2) is 9.69 Å². The van der Waals surface area contributed by atoms with Crippen LogP contribution in [0.3, 0.4) is 0 Å². The fourth-order valence-corrected chi connectivity index (χ4v) is 1.84. The highest BCUT2D eigenvalue weighted by Crippen LogP contribution is 2.07. The van der Waals surface area contributed by atoms with E-state index < -0.39 is 6.09 Å². The van der Waals surface area contributed by atoms with E-state index in [0.29, 0.717) is 39.2 Å². The second-order valence-corrected chi connectivity index (χ2v) is 4.30. The molecule has 0 saturated carbocycles. The smallest absolute Gasteiger partial charge is 0.416 e. The Morgan fingerprint density at radius 1 is 1.32 bits per heavy atom. The van der Waals surface area contributed by atoms with E-state index in [1.807, 2.05) is 30.3 Å². The summed E-state index contributed by atoms with van der Waals surface area (Å²) in [5, 5.41) is 0. The van der Waals surface area contributed by atoms with Crippen LogP contribution in [0.15, 0.2) is 30.3 Å². The third kappa shape index (κ3) is 4.06. The summed E-state index contributed by atoms with van der Waals surface area (Å²) in [5.74, 6) is -0.189. The molecule has 1 aliphatic rings. The van der Waals surface area contributed by atoms with Crippen molar-refractivity contribution in [3.05, 3.63) is 35.9 Å². The highest BCUT2D eigenvalue weighted by atomic mass is 16.6. The van der Waals surface area contributed by atoms with Gasteiger partial charge in [0.25, 0.3) is 0 Å². The van der Waals surface area contributed by atoms with Crippen LogP contribution in [-0.2, 0) is 20.9 Å². The maximum Gasteiger partial charge on any atom is 0.416 e. The third-order valence-corrected chi connectivity index (χ3v) is 2.85. The lowest BCUT2D eigenvalue weighted by atomic mass is 10.2. The van der Waals surface area contributed by atoms with E-state index in [1.54, 1.807) is 0 Å². The lowest BCUT2D eigenvalue weighted by molar-refractivity contribution is -0.128. The molecule has 1 aromatic carbocycles. The number of imide groups is 1. The summed E-state index contributed by atoms with van der Waals surface area (Å²) in [6.07, 6.45) is 0.384. The van der Waals surface area contributed by atoms with E-state index >= 15 is 0 Å². The van der Waals surface area contributed by atoms with E-state index in [4.69, 9.17) is 9.47 Å². The van der Waals surface area contributed by atoms with Gasteiger partial charge in [-0.1, -0.05) is 30.3 Å². The van der Waals surface area contributed by atoms with E-state index in [1.165, 1.54) is 0 Å². The first-order valence-electron chi connectivity index (χ1n) is 6.36. The number of hydrogen-bond donors (Lipinski definition) is 0. The van der Waals surface area contributed by atoms with Crippen LogP contribution >= 0.6 is 0 Å². The number of benzene rings is 1. The quantitative estimate of drug-likeness (QED) is 0.736. The van der Waals surface area contributed by atoms with Crippen LogP contribution in [0, 0.1) is 0 Å². The monoisotopic (exact) mass is 263 g/mol. The number of amides is 2. The molecule has 1 aromatic rings. The van der Waals surface area contributed by atoms with Crippen LogP contribution < -0.4 is 0 Å². The molecule has 0 unspecified atom stereocenters. The highest BCUT2D eigenvalue weighted by Gasteiger charge is 2.27. The maximum absolute atomic E-state index is 11.7. The van der Waals surface area contributed by atoms with Crippen molar-refractivity contribution in [1.82, 2.24) is 4.90 Å². The van der Waals surface area contributed by atoms with Gasteiger partial charge in [0.05, 0.1) is 13.2 Å². The van der Waals surface area contributed by atoms with Gasteiger partial charge in [-0.15, -0.1) is 0 Å². The van der Waals surface area contributed by atoms with Gasteiger partial charge in [0.1, 0.15) is 6.61 Å². The Morgan fingerprint density at radius 3 is 2.79 bits per heavy atom. The molecule has 2 amide bonds. The van der Waals surface area contributed by atoms with Gasteiger partial charge < -0.3 is 9.47 Å². The number of nitrogens with zero attached hydrogens (tertiary/aromatic N) is 1. The topological polar surface area (TPSA) is 55.8 Å². The molecule has 0 spiro atoms. The van der Waals surface area contributed by atoms with Crippen molar-refractivity contribution in [2.45, 2.75) is 19.4 Å². The Balaban J connectivity index is 1.59. The van der Waals surface area contributed by atoms with Crippen molar-refractivity contribution in [1.29, 1.82) is 0 Å². The lowest BCUT2D eigenvalue weighted by Gasteiger charge is -2.10. The summed E-state index contributed by atoms with van der Waals surface area (Å²) in [6, 6.07) is 9.86. The first-order valence-corrected chi connectivity index (χ1v) is 6.36. The Labute approximate surface area is 112 Å². The molecule has 1 saturated heterocycles. The normalized spacial score (nSPS) is 14.5. The predicted molar refractivity (Wildman–Crippen MR) is 68.4 cm³/mol. The summed E-state index contributed by atoms with van der Waals surface area (Å²) < 4.78 is 10.2. The van der Waals surface area contributed by atoms with Crippen LogP contribution in [-0.4, -0.2) is 36.7 Å². The van der Waals surface area contributed by atoms with E-state index in [9.17, 15) is 9.59 Å². The minimum Gasteiger partial charge on any atom is -0.447 e. The third-order valence-electron chi connectivity index (χ3n) is 2.85. The average Bonchev–Trinajstić information content (AvgIpc) is 2.86. The molecule has 1 fully saturated rings. The summed E-state index contributed by atoms with van der Waals surface area (Å²) in [7, 11) is 0. The first kappa shape index (κ1) is 13.5. The molecule has 19 heavy (non-hydrogen) atoms. The Morgan fingerprint density at radius 2 is 2.11 bits per heavy atom. The molecule has 5 heteroatoms. The number of rotatable bonds is 6. The number of carbonyl (C=O) groups excluding carboxylic acids is 2. The van der Waals surface area contributed by atoms with E-state index in [0.717, 1.165) is 10.5 Å². The molecule has 0 atom stereocenters. The molecule has 102 valence electrons. The SMILES string of the molecule is O=C(CCCOCc1ccccc1)N1CCOC1=O. The standard InChI is InChI=1S/C14H17NO4/c16-13(15-8-10-19-14(15)17)7-4-9-18-11-12-5-2-1-3-6-12/h1-3,5-6H,4,7-11H2.